The van der Waals surface area contributed by atoms with E-state index in [0.717, 1.165) is 0 Å². The molecular formula is C9H15NO5S. The molecule has 6 nitrogen and oxygen atoms in total. The highest BCUT2D eigenvalue weighted by Crippen LogP contribution is 2.22. The first-order chi connectivity index (χ1) is 7.28. The summed E-state index contributed by atoms with van der Waals surface area (Å²) in [6.07, 6.45) is 0.320. The van der Waals surface area contributed by atoms with Crippen molar-refractivity contribution >= 4 is 21.7 Å². The summed E-state index contributed by atoms with van der Waals surface area (Å²) in [5, 5.41) is 2.40. The maximum atomic E-state index is 11.3. The molecule has 1 saturated heterocycles. The fourth-order valence-electron chi connectivity index (χ4n) is 1.63. The van der Waals surface area contributed by atoms with E-state index in [9.17, 15) is 18.0 Å². The lowest BCUT2D eigenvalue weighted by Gasteiger charge is -2.22. The summed E-state index contributed by atoms with van der Waals surface area (Å²) in [5.41, 5.74) is -0.858. The zero-order valence-corrected chi connectivity index (χ0v) is 10.1. The first-order valence-corrected chi connectivity index (χ1v) is 6.80. The highest BCUT2D eigenvalue weighted by atomic mass is 32.2. The summed E-state index contributed by atoms with van der Waals surface area (Å²) >= 11 is 0. The average Bonchev–Trinajstić information content (AvgIpc) is 2.40. The highest BCUT2D eigenvalue weighted by Gasteiger charge is 2.40. The summed E-state index contributed by atoms with van der Waals surface area (Å²) in [5.74, 6) is -1.97. The molecule has 1 aliphatic rings. The molecule has 0 saturated carbocycles. The van der Waals surface area contributed by atoms with Gasteiger partial charge in [-0.2, -0.15) is 0 Å². The minimum absolute atomic E-state index is 0.0343. The van der Waals surface area contributed by atoms with Crippen molar-refractivity contribution in [3.63, 3.8) is 0 Å². The zero-order valence-electron chi connectivity index (χ0n) is 9.28. The van der Waals surface area contributed by atoms with Crippen LogP contribution in [-0.2, 0) is 24.2 Å². The molecule has 1 fully saturated rings. The van der Waals surface area contributed by atoms with Crippen molar-refractivity contribution in [3.8, 4) is 0 Å². The van der Waals surface area contributed by atoms with Crippen LogP contribution in [0.2, 0.25) is 0 Å². The van der Waals surface area contributed by atoms with Crippen molar-refractivity contribution in [3.05, 3.63) is 0 Å². The van der Waals surface area contributed by atoms with Gasteiger partial charge in [0.15, 0.2) is 9.84 Å². The van der Waals surface area contributed by atoms with Gasteiger partial charge in [-0.05, 0) is 20.3 Å². The van der Waals surface area contributed by atoms with Crippen LogP contribution in [0, 0.1) is 0 Å². The molecule has 0 bridgehead atoms. The van der Waals surface area contributed by atoms with E-state index in [1.807, 2.05) is 0 Å². The summed E-state index contributed by atoms with van der Waals surface area (Å²) in [6.45, 7) is 3.31. The Morgan fingerprint density at radius 2 is 2.06 bits per heavy atom. The summed E-state index contributed by atoms with van der Waals surface area (Å²) < 4.78 is 27.0. The second-order valence-electron chi connectivity index (χ2n) is 4.08. The number of rotatable bonds is 2. The van der Waals surface area contributed by atoms with Crippen molar-refractivity contribution in [2.24, 2.45) is 0 Å². The quantitative estimate of drug-likeness (QED) is 0.513. The van der Waals surface area contributed by atoms with Gasteiger partial charge in [0.25, 0.3) is 0 Å². The molecule has 0 aliphatic carbocycles. The largest absolute Gasteiger partial charge is 0.459 e. The number of carbonyl (C=O) groups excluding carboxylic acids is 2. The summed E-state index contributed by atoms with van der Waals surface area (Å²) in [4.78, 5) is 22.4. The fraction of sp³-hybridized carbons (Fsp3) is 0.778. The molecule has 1 unspecified atom stereocenters. The van der Waals surface area contributed by atoms with E-state index in [1.165, 1.54) is 0 Å². The monoisotopic (exact) mass is 249 g/mol. The minimum Gasteiger partial charge on any atom is -0.459 e. The van der Waals surface area contributed by atoms with Crippen molar-refractivity contribution < 1.29 is 22.7 Å². The van der Waals surface area contributed by atoms with Crippen LogP contribution >= 0.6 is 0 Å². The van der Waals surface area contributed by atoms with Crippen LogP contribution in [0.15, 0.2) is 0 Å². The van der Waals surface area contributed by atoms with Gasteiger partial charge in [-0.15, -0.1) is 0 Å². The molecule has 0 radical (unpaired) electrons. The number of esters is 1. The summed E-state index contributed by atoms with van der Waals surface area (Å²) in [6, 6.07) is 0. The molecule has 0 aromatic rings. The molecule has 1 amide bonds. The van der Waals surface area contributed by atoms with Crippen molar-refractivity contribution in [2.75, 3.05) is 18.1 Å². The van der Waals surface area contributed by atoms with E-state index in [2.05, 4.69) is 10.1 Å². The normalized spacial score (nSPS) is 27.4. The van der Waals surface area contributed by atoms with E-state index < -0.39 is 27.3 Å². The molecule has 0 aromatic carbocycles. The van der Waals surface area contributed by atoms with Crippen molar-refractivity contribution in [2.45, 2.75) is 25.8 Å². The average molecular weight is 249 g/mol. The van der Waals surface area contributed by atoms with Gasteiger partial charge in [-0.1, -0.05) is 0 Å². The van der Waals surface area contributed by atoms with Crippen molar-refractivity contribution in [1.82, 2.24) is 5.32 Å². The molecule has 1 rings (SSSR count). The number of hydrogen-bond donors (Lipinski definition) is 1. The van der Waals surface area contributed by atoms with Gasteiger partial charge in [-0.25, -0.2) is 13.2 Å². The first kappa shape index (κ1) is 13.0. The third-order valence-corrected chi connectivity index (χ3v) is 4.28. The minimum atomic E-state index is -3.10. The number of carbonyl (C=O) groups is 2. The second kappa shape index (κ2) is 4.40. The van der Waals surface area contributed by atoms with Gasteiger partial charge in [0, 0.05) is 0 Å². The lowest BCUT2D eigenvalue weighted by atomic mass is 10.0. The van der Waals surface area contributed by atoms with Gasteiger partial charge in [-0.3, -0.25) is 4.79 Å². The van der Waals surface area contributed by atoms with Crippen LogP contribution in [-0.4, -0.2) is 43.9 Å². The Kier molecular flexibility index (Phi) is 3.57. The Bertz CT molecular complexity index is 402. The third kappa shape index (κ3) is 3.19. The molecule has 1 aliphatic heterocycles. The maximum absolute atomic E-state index is 11.3. The number of hydrogen-bond acceptors (Lipinski definition) is 5. The maximum Gasteiger partial charge on any atom is 0.396 e. The van der Waals surface area contributed by atoms with Gasteiger partial charge < -0.3 is 10.1 Å². The second-order valence-corrected chi connectivity index (χ2v) is 6.26. The van der Waals surface area contributed by atoms with Crippen LogP contribution in [0.3, 0.4) is 0 Å². The molecule has 1 heterocycles. The van der Waals surface area contributed by atoms with E-state index in [-0.39, 0.29) is 18.1 Å². The van der Waals surface area contributed by atoms with Crippen LogP contribution < -0.4 is 5.32 Å². The topological polar surface area (TPSA) is 89.5 Å². The lowest BCUT2D eigenvalue weighted by molar-refractivity contribution is -0.155. The van der Waals surface area contributed by atoms with Crippen LogP contribution in [0.4, 0.5) is 0 Å². The Morgan fingerprint density at radius 3 is 2.50 bits per heavy atom. The molecule has 7 heteroatoms. The van der Waals surface area contributed by atoms with E-state index in [4.69, 9.17) is 0 Å². The molecular weight excluding hydrogens is 234 g/mol. The number of sulfone groups is 1. The Morgan fingerprint density at radius 1 is 1.44 bits per heavy atom. The molecule has 16 heavy (non-hydrogen) atoms. The van der Waals surface area contributed by atoms with Gasteiger partial charge in [0.05, 0.1) is 23.7 Å². The van der Waals surface area contributed by atoms with E-state index >= 15 is 0 Å². The van der Waals surface area contributed by atoms with Crippen LogP contribution in [0.1, 0.15) is 20.3 Å². The smallest absolute Gasteiger partial charge is 0.396 e. The third-order valence-electron chi connectivity index (χ3n) is 2.38. The number of ether oxygens (including phenoxy) is 1. The van der Waals surface area contributed by atoms with Crippen LogP contribution in [0.5, 0.6) is 0 Å². The highest BCUT2D eigenvalue weighted by molar-refractivity contribution is 7.91. The molecule has 92 valence electrons. The predicted molar refractivity (Wildman–Crippen MR) is 56.5 cm³/mol. The number of amides is 1. The standard InChI is InChI=1S/C9H15NO5S/c1-3-15-8(12)7(11)10-9(2)4-5-16(13,14)6-9/h3-6H2,1-2H3,(H,10,11). The Labute approximate surface area is 94.3 Å². The number of nitrogens with one attached hydrogen (secondary N) is 1. The first-order valence-electron chi connectivity index (χ1n) is 4.98. The van der Waals surface area contributed by atoms with Crippen LogP contribution in [0.25, 0.3) is 0 Å². The van der Waals surface area contributed by atoms with E-state index in [1.54, 1.807) is 13.8 Å². The Balaban J connectivity index is 2.61. The molecule has 1 N–H and O–H groups in total. The SMILES string of the molecule is CCOC(=O)C(=O)NC1(C)CCS(=O)(=O)C1. The lowest BCUT2D eigenvalue weighted by Crippen LogP contribution is -2.49. The molecule has 1 atom stereocenters. The predicted octanol–water partition coefficient (Wildman–Crippen LogP) is -0.757. The Hall–Kier alpha value is -1.11. The summed E-state index contributed by atoms with van der Waals surface area (Å²) in [7, 11) is -3.10. The van der Waals surface area contributed by atoms with Gasteiger partial charge in [0.1, 0.15) is 0 Å². The zero-order chi connectivity index (χ0) is 12.4. The molecule has 0 spiro atoms. The van der Waals surface area contributed by atoms with Gasteiger partial charge >= 0.3 is 11.9 Å². The van der Waals surface area contributed by atoms with Gasteiger partial charge in [0.2, 0.25) is 0 Å². The fourth-order valence-corrected chi connectivity index (χ4v) is 3.72. The molecule has 0 aromatic heterocycles. The van der Waals surface area contributed by atoms with E-state index in [0.29, 0.717) is 6.42 Å². The van der Waals surface area contributed by atoms with Crippen molar-refractivity contribution in [1.29, 1.82) is 0 Å².